The standard InChI is InChI=1S/C20H26FN5O/c21-15-8-20(9-15,14-4-2-1-3-5-14)12-23-18-7-19(25-13-24-18)26-11-17(27)6-16(26)10-22/h1-5,7,13,15-17,27H,6,8-12,22H2,(H,23,24,25)/t15?,16-,17-,20?/m1/s1. The normalized spacial score (nSPS) is 30.2. The lowest BCUT2D eigenvalue weighted by atomic mass is 9.63. The Morgan fingerprint density at radius 2 is 2.04 bits per heavy atom. The lowest BCUT2D eigenvalue weighted by Crippen LogP contribution is -2.47. The van der Waals surface area contributed by atoms with Crippen LogP contribution in [0, 0.1) is 0 Å². The quantitative estimate of drug-likeness (QED) is 0.718. The number of halogens is 1. The van der Waals surface area contributed by atoms with Gasteiger partial charge in [0.2, 0.25) is 0 Å². The van der Waals surface area contributed by atoms with Crippen molar-refractivity contribution >= 4 is 11.6 Å². The van der Waals surface area contributed by atoms with Crippen LogP contribution < -0.4 is 16.0 Å². The van der Waals surface area contributed by atoms with Crippen molar-refractivity contribution in [2.24, 2.45) is 5.73 Å². The van der Waals surface area contributed by atoms with Gasteiger partial charge in [0.05, 0.1) is 6.10 Å². The zero-order valence-corrected chi connectivity index (χ0v) is 15.3. The Hall–Kier alpha value is -2.25. The average Bonchev–Trinajstić information content (AvgIpc) is 3.06. The van der Waals surface area contributed by atoms with Gasteiger partial charge in [-0.3, -0.25) is 0 Å². The number of aliphatic hydroxyl groups excluding tert-OH is 1. The largest absolute Gasteiger partial charge is 0.391 e. The van der Waals surface area contributed by atoms with Crippen molar-refractivity contribution in [1.29, 1.82) is 0 Å². The Balaban J connectivity index is 1.48. The first-order valence-corrected chi connectivity index (χ1v) is 9.50. The van der Waals surface area contributed by atoms with Crippen LogP contribution in [0.5, 0.6) is 0 Å². The van der Waals surface area contributed by atoms with Crippen LogP contribution in [-0.4, -0.2) is 53.0 Å². The van der Waals surface area contributed by atoms with Gasteiger partial charge in [0.1, 0.15) is 24.1 Å². The molecule has 2 heterocycles. The summed E-state index contributed by atoms with van der Waals surface area (Å²) in [6, 6.07) is 12.1. The highest BCUT2D eigenvalue weighted by molar-refractivity contribution is 5.51. The summed E-state index contributed by atoms with van der Waals surface area (Å²) >= 11 is 0. The summed E-state index contributed by atoms with van der Waals surface area (Å²) in [6.45, 7) is 1.62. The fourth-order valence-corrected chi connectivity index (χ4v) is 4.32. The predicted molar refractivity (Wildman–Crippen MR) is 104 cm³/mol. The molecule has 1 saturated heterocycles. The van der Waals surface area contributed by atoms with Crippen molar-refractivity contribution in [3.63, 3.8) is 0 Å². The number of aliphatic hydroxyl groups is 1. The summed E-state index contributed by atoms with van der Waals surface area (Å²) in [5.41, 5.74) is 6.79. The second-order valence-corrected chi connectivity index (χ2v) is 7.70. The van der Waals surface area contributed by atoms with E-state index in [1.807, 2.05) is 29.2 Å². The minimum absolute atomic E-state index is 0.0809. The number of alkyl halides is 1. The molecular formula is C20H26FN5O. The molecule has 0 radical (unpaired) electrons. The lowest BCUT2D eigenvalue weighted by Gasteiger charge is -2.45. The lowest BCUT2D eigenvalue weighted by molar-refractivity contribution is 0.103. The summed E-state index contributed by atoms with van der Waals surface area (Å²) in [4.78, 5) is 10.7. The van der Waals surface area contributed by atoms with Crippen molar-refractivity contribution in [2.75, 3.05) is 29.9 Å². The summed E-state index contributed by atoms with van der Waals surface area (Å²) in [5, 5.41) is 13.3. The molecule has 4 rings (SSSR count). The number of nitrogens with one attached hydrogen (secondary N) is 1. The van der Waals surface area contributed by atoms with Crippen LogP contribution in [0.4, 0.5) is 16.0 Å². The molecule has 1 aromatic heterocycles. The Bertz CT molecular complexity index is 768. The van der Waals surface area contributed by atoms with Crippen LogP contribution in [0.15, 0.2) is 42.7 Å². The molecule has 1 aliphatic carbocycles. The zero-order valence-electron chi connectivity index (χ0n) is 15.3. The van der Waals surface area contributed by atoms with Gasteiger partial charge in [-0.05, 0) is 24.8 Å². The van der Waals surface area contributed by atoms with Crippen LogP contribution in [0.3, 0.4) is 0 Å². The third-order valence-electron chi connectivity index (χ3n) is 5.83. The van der Waals surface area contributed by atoms with Crippen molar-refractivity contribution < 1.29 is 9.50 Å². The first-order valence-electron chi connectivity index (χ1n) is 9.50. The minimum Gasteiger partial charge on any atom is -0.391 e. The van der Waals surface area contributed by atoms with Crippen LogP contribution in [0.2, 0.25) is 0 Å². The van der Waals surface area contributed by atoms with E-state index in [0.29, 0.717) is 44.7 Å². The maximum absolute atomic E-state index is 13.7. The fourth-order valence-electron chi connectivity index (χ4n) is 4.32. The van der Waals surface area contributed by atoms with E-state index in [2.05, 4.69) is 27.4 Å². The third kappa shape index (κ3) is 3.61. The number of nitrogens with zero attached hydrogens (tertiary/aromatic N) is 3. The van der Waals surface area contributed by atoms with E-state index in [1.165, 1.54) is 6.33 Å². The van der Waals surface area contributed by atoms with Crippen LogP contribution >= 0.6 is 0 Å². The average molecular weight is 371 g/mol. The van der Waals surface area contributed by atoms with Crippen molar-refractivity contribution in [3.8, 4) is 0 Å². The van der Waals surface area contributed by atoms with Gasteiger partial charge in [0, 0.05) is 37.2 Å². The molecule has 1 saturated carbocycles. The Labute approximate surface area is 158 Å². The Morgan fingerprint density at radius 3 is 2.74 bits per heavy atom. The molecule has 0 unspecified atom stereocenters. The topological polar surface area (TPSA) is 87.3 Å². The number of rotatable bonds is 6. The molecule has 7 heteroatoms. The molecule has 0 amide bonds. The second kappa shape index (κ2) is 7.40. The maximum atomic E-state index is 13.7. The molecule has 144 valence electrons. The van der Waals surface area contributed by atoms with Gasteiger partial charge in [-0.1, -0.05) is 30.3 Å². The van der Waals surface area contributed by atoms with E-state index < -0.39 is 6.17 Å². The molecule has 1 aromatic carbocycles. The SMILES string of the molecule is NC[C@H]1C[C@@H](O)CN1c1cc(NCC2(c3ccccc3)CC(F)C2)ncn1. The highest BCUT2D eigenvalue weighted by Crippen LogP contribution is 2.45. The summed E-state index contributed by atoms with van der Waals surface area (Å²) < 4.78 is 13.7. The molecule has 6 nitrogen and oxygen atoms in total. The molecule has 2 fully saturated rings. The van der Waals surface area contributed by atoms with Crippen LogP contribution in [-0.2, 0) is 5.41 Å². The van der Waals surface area contributed by atoms with E-state index in [1.54, 1.807) is 0 Å². The molecule has 27 heavy (non-hydrogen) atoms. The Morgan fingerprint density at radius 1 is 1.26 bits per heavy atom. The monoisotopic (exact) mass is 371 g/mol. The van der Waals surface area contributed by atoms with E-state index in [4.69, 9.17) is 5.73 Å². The minimum atomic E-state index is -0.746. The van der Waals surface area contributed by atoms with Gasteiger partial charge in [-0.25, -0.2) is 14.4 Å². The number of aromatic nitrogens is 2. The molecule has 0 bridgehead atoms. The molecule has 2 aliphatic rings. The van der Waals surface area contributed by atoms with Gasteiger partial charge in [0.15, 0.2) is 0 Å². The molecule has 2 atom stereocenters. The van der Waals surface area contributed by atoms with Crippen LogP contribution in [0.1, 0.15) is 24.8 Å². The number of hydrogen-bond donors (Lipinski definition) is 3. The van der Waals surface area contributed by atoms with Gasteiger partial charge in [-0.2, -0.15) is 0 Å². The highest BCUT2D eigenvalue weighted by Gasteiger charge is 2.45. The van der Waals surface area contributed by atoms with Crippen molar-refractivity contribution in [3.05, 3.63) is 48.3 Å². The van der Waals surface area contributed by atoms with Gasteiger partial charge in [0.25, 0.3) is 0 Å². The van der Waals surface area contributed by atoms with Gasteiger partial charge >= 0.3 is 0 Å². The van der Waals surface area contributed by atoms with Crippen molar-refractivity contribution in [2.45, 2.75) is 43.0 Å². The number of nitrogens with two attached hydrogens (primary N) is 1. The molecule has 1 aliphatic heterocycles. The summed E-state index contributed by atoms with van der Waals surface area (Å²) in [6.07, 6.45) is 2.08. The number of hydrogen-bond acceptors (Lipinski definition) is 6. The van der Waals surface area contributed by atoms with Crippen molar-refractivity contribution in [1.82, 2.24) is 9.97 Å². The molecule has 2 aromatic rings. The summed E-state index contributed by atoms with van der Waals surface area (Å²) in [5.74, 6) is 1.46. The Kier molecular flexibility index (Phi) is 4.97. The maximum Gasteiger partial charge on any atom is 0.134 e. The molecule has 0 spiro atoms. The zero-order chi connectivity index (χ0) is 18.9. The predicted octanol–water partition coefficient (Wildman–Crippen LogP) is 1.86. The first kappa shape index (κ1) is 18.1. The number of benzene rings is 1. The molecular weight excluding hydrogens is 345 g/mol. The number of β-amino-alcohol motifs (C(OH)–C–C–N with tert-alkyl or cyclic N) is 1. The smallest absolute Gasteiger partial charge is 0.134 e. The third-order valence-corrected chi connectivity index (χ3v) is 5.83. The van der Waals surface area contributed by atoms with Crippen LogP contribution in [0.25, 0.3) is 0 Å². The number of anilines is 2. The van der Waals surface area contributed by atoms with E-state index in [9.17, 15) is 9.50 Å². The highest BCUT2D eigenvalue weighted by atomic mass is 19.1. The first-order chi connectivity index (χ1) is 13.1. The van der Waals surface area contributed by atoms with E-state index >= 15 is 0 Å². The second-order valence-electron chi connectivity index (χ2n) is 7.70. The summed E-state index contributed by atoms with van der Waals surface area (Å²) in [7, 11) is 0. The van der Waals surface area contributed by atoms with E-state index in [0.717, 1.165) is 11.4 Å². The molecule has 4 N–H and O–H groups in total. The van der Waals surface area contributed by atoms with Gasteiger partial charge in [-0.15, -0.1) is 0 Å². The van der Waals surface area contributed by atoms with E-state index in [-0.39, 0.29) is 17.6 Å². The van der Waals surface area contributed by atoms with Gasteiger partial charge < -0.3 is 21.1 Å². The fraction of sp³-hybridized carbons (Fsp3) is 0.500.